The molecule has 0 amide bonds. The standard InChI is InChI=1S/C48H31N3/c1-4-14-34(15-5-1)49-42-22-12-11-21-38(42)41-30-32(25-28-44(41)49)33-24-26-40-46(31-33)50(35-16-6-2-7-17-35)45-29-27-39-37-20-10-13-23-43(37)51(48(39)47(40)45)36-18-8-3-9-19-36/h1-31H. The van der Waals surface area contributed by atoms with Crippen molar-refractivity contribution >= 4 is 65.4 Å². The quantitative estimate of drug-likeness (QED) is 0.180. The van der Waals surface area contributed by atoms with Crippen molar-refractivity contribution in [2.75, 3.05) is 0 Å². The first kappa shape index (κ1) is 28.0. The van der Waals surface area contributed by atoms with Gasteiger partial charge in [0, 0.05) is 49.4 Å². The molecule has 11 aromatic rings. The van der Waals surface area contributed by atoms with Crippen LogP contribution in [0, 0.1) is 0 Å². The van der Waals surface area contributed by atoms with E-state index in [2.05, 4.69) is 202 Å². The summed E-state index contributed by atoms with van der Waals surface area (Å²) in [6, 6.07) is 68.4. The maximum atomic E-state index is 2.45. The SMILES string of the molecule is c1ccc(-n2c3ccccc3c3cc(-c4ccc5c6c(ccc7c8ccccc8n(-c8ccccc8)c76)n(-c6ccccc6)c5c4)ccc32)cc1. The average Bonchev–Trinajstić information content (AvgIpc) is 3.84. The van der Waals surface area contributed by atoms with Crippen molar-refractivity contribution in [1.29, 1.82) is 0 Å². The highest BCUT2D eigenvalue weighted by Gasteiger charge is 2.21. The molecule has 0 saturated carbocycles. The molecule has 0 aliphatic rings. The average molecular weight is 650 g/mol. The second-order valence-electron chi connectivity index (χ2n) is 13.4. The molecule has 0 saturated heterocycles. The van der Waals surface area contributed by atoms with Gasteiger partial charge in [-0.25, -0.2) is 0 Å². The van der Waals surface area contributed by atoms with E-state index in [-0.39, 0.29) is 0 Å². The lowest BCUT2D eigenvalue weighted by molar-refractivity contribution is 1.17. The highest BCUT2D eigenvalue weighted by molar-refractivity contribution is 6.26. The fourth-order valence-electron chi connectivity index (χ4n) is 8.44. The van der Waals surface area contributed by atoms with Crippen LogP contribution in [0.3, 0.4) is 0 Å². The molecule has 0 radical (unpaired) electrons. The van der Waals surface area contributed by atoms with Crippen molar-refractivity contribution in [3.05, 3.63) is 188 Å². The molecular formula is C48H31N3. The largest absolute Gasteiger partial charge is 0.309 e. The molecule has 3 nitrogen and oxygen atoms in total. The van der Waals surface area contributed by atoms with E-state index >= 15 is 0 Å². The topological polar surface area (TPSA) is 14.8 Å². The Morgan fingerprint density at radius 2 is 0.706 bits per heavy atom. The maximum Gasteiger partial charge on any atom is 0.0641 e. The van der Waals surface area contributed by atoms with Gasteiger partial charge < -0.3 is 13.7 Å². The number of rotatable bonds is 4. The van der Waals surface area contributed by atoms with Crippen LogP contribution in [0.2, 0.25) is 0 Å². The van der Waals surface area contributed by atoms with Crippen molar-refractivity contribution in [3.8, 4) is 28.2 Å². The smallest absolute Gasteiger partial charge is 0.0641 e. The minimum Gasteiger partial charge on any atom is -0.309 e. The summed E-state index contributed by atoms with van der Waals surface area (Å²) in [7, 11) is 0. The summed E-state index contributed by atoms with van der Waals surface area (Å²) in [6.45, 7) is 0. The maximum absolute atomic E-state index is 2.45. The molecular weight excluding hydrogens is 619 g/mol. The van der Waals surface area contributed by atoms with Gasteiger partial charge in [-0.1, -0.05) is 115 Å². The third-order valence-electron chi connectivity index (χ3n) is 10.6. The van der Waals surface area contributed by atoms with E-state index < -0.39 is 0 Å². The molecule has 0 atom stereocenters. The van der Waals surface area contributed by atoms with E-state index in [1.54, 1.807) is 0 Å². The van der Waals surface area contributed by atoms with E-state index in [1.807, 2.05) is 0 Å². The number of aromatic nitrogens is 3. The van der Waals surface area contributed by atoms with Gasteiger partial charge in [0.05, 0.1) is 33.1 Å². The first-order chi connectivity index (χ1) is 25.3. The van der Waals surface area contributed by atoms with Crippen molar-refractivity contribution < 1.29 is 0 Å². The number of hydrogen-bond acceptors (Lipinski definition) is 0. The Hall–Kier alpha value is -6.84. The number of fused-ring (bicyclic) bond motifs is 10. The van der Waals surface area contributed by atoms with Crippen LogP contribution < -0.4 is 0 Å². The van der Waals surface area contributed by atoms with Crippen molar-refractivity contribution in [2.24, 2.45) is 0 Å². The first-order valence-electron chi connectivity index (χ1n) is 17.5. The fourth-order valence-corrected chi connectivity index (χ4v) is 8.44. The zero-order valence-electron chi connectivity index (χ0n) is 27.7. The Bertz CT molecular complexity index is 3110. The number of benzene rings is 8. The molecule has 0 aliphatic carbocycles. The van der Waals surface area contributed by atoms with Crippen LogP contribution in [0.4, 0.5) is 0 Å². The van der Waals surface area contributed by atoms with E-state index in [4.69, 9.17) is 0 Å². The van der Waals surface area contributed by atoms with Crippen LogP contribution in [-0.2, 0) is 0 Å². The molecule has 3 aromatic heterocycles. The summed E-state index contributed by atoms with van der Waals surface area (Å²) in [5.41, 5.74) is 13.2. The number of para-hydroxylation sites is 5. The summed E-state index contributed by atoms with van der Waals surface area (Å²) in [5.74, 6) is 0. The number of hydrogen-bond donors (Lipinski definition) is 0. The molecule has 238 valence electrons. The molecule has 3 heterocycles. The van der Waals surface area contributed by atoms with Gasteiger partial charge in [-0.05, 0) is 83.9 Å². The van der Waals surface area contributed by atoms with E-state index in [9.17, 15) is 0 Å². The van der Waals surface area contributed by atoms with Crippen molar-refractivity contribution in [1.82, 2.24) is 13.7 Å². The lowest BCUT2D eigenvalue weighted by Crippen LogP contribution is -1.95. The molecule has 0 bridgehead atoms. The molecule has 0 aliphatic heterocycles. The van der Waals surface area contributed by atoms with Crippen molar-refractivity contribution in [2.45, 2.75) is 0 Å². The van der Waals surface area contributed by atoms with Gasteiger partial charge in [0.2, 0.25) is 0 Å². The van der Waals surface area contributed by atoms with Crippen LogP contribution in [0.15, 0.2) is 188 Å². The molecule has 0 spiro atoms. The second-order valence-corrected chi connectivity index (χ2v) is 13.4. The summed E-state index contributed by atoms with van der Waals surface area (Å²) >= 11 is 0. The molecule has 51 heavy (non-hydrogen) atoms. The van der Waals surface area contributed by atoms with Crippen LogP contribution >= 0.6 is 0 Å². The normalized spacial score (nSPS) is 11.9. The van der Waals surface area contributed by atoms with Gasteiger partial charge in [-0.2, -0.15) is 0 Å². The van der Waals surface area contributed by atoms with Crippen molar-refractivity contribution in [3.63, 3.8) is 0 Å². The summed E-state index contributed by atoms with van der Waals surface area (Å²) in [4.78, 5) is 0. The van der Waals surface area contributed by atoms with Crippen LogP contribution in [0.25, 0.3) is 93.6 Å². The lowest BCUT2D eigenvalue weighted by Gasteiger charge is -2.10. The zero-order valence-corrected chi connectivity index (χ0v) is 27.7. The summed E-state index contributed by atoms with van der Waals surface area (Å²) in [6.07, 6.45) is 0. The Kier molecular flexibility index (Phi) is 5.96. The third kappa shape index (κ3) is 4.06. The predicted octanol–water partition coefficient (Wildman–Crippen LogP) is 12.6. The molecule has 0 fully saturated rings. The minimum atomic E-state index is 1.15. The van der Waals surface area contributed by atoms with Gasteiger partial charge in [0.15, 0.2) is 0 Å². The summed E-state index contributed by atoms with van der Waals surface area (Å²) < 4.78 is 7.27. The molecule has 11 rings (SSSR count). The fraction of sp³-hybridized carbons (Fsp3) is 0. The van der Waals surface area contributed by atoms with Crippen LogP contribution in [0.5, 0.6) is 0 Å². The van der Waals surface area contributed by atoms with Gasteiger partial charge in [-0.15, -0.1) is 0 Å². The van der Waals surface area contributed by atoms with E-state index in [0.29, 0.717) is 0 Å². The molecule has 3 heteroatoms. The Morgan fingerprint density at radius 1 is 0.255 bits per heavy atom. The first-order valence-corrected chi connectivity index (χ1v) is 17.5. The third-order valence-corrected chi connectivity index (χ3v) is 10.6. The lowest BCUT2D eigenvalue weighted by atomic mass is 10.0. The predicted molar refractivity (Wildman–Crippen MR) is 215 cm³/mol. The van der Waals surface area contributed by atoms with E-state index in [0.717, 1.165) is 11.4 Å². The Morgan fingerprint density at radius 3 is 1.37 bits per heavy atom. The molecule has 8 aromatic carbocycles. The number of nitrogens with zero attached hydrogens (tertiary/aromatic N) is 3. The van der Waals surface area contributed by atoms with Crippen LogP contribution in [0.1, 0.15) is 0 Å². The monoisotopic (exact) mass is 649 g/mol. The Balaban J connectivity index is 1.22. The molecule has 0 N–H and O–H groups in total. The van der Waals surface area contributed by atoms with Gasteiger partial charge in [-0.3, -0.25) is 0 Å². The summed E-state index contributed by atoms with van der Waals surface area (Å²) in [5, 5.41) is 7.54. The van der Waals surface area contributed by atoms with Gasteiger partial charge in [0.1, 0.15) is 0 Å². The highest BCUT2D eigenvalue weighted by atomic mass is 15.0. The zero-order chi connectivity index (χ0) is 33.5. The highest BCUT2D eigenvalue weighted by Crippen LogP contribution is 2.43. The van der Waals surface area contributed by atoms with Crippen LogP contribution in [-0.4, -0.2) is 13.7 Å². The Labute approximate surface area is 294 Å². The minimum absolute atomic E-state index is 1.15. The van der Waals surface area contributed by atoms with E-state index in [1.165, 1.54) is 82.2 Å². The van der Waals surface area contributed by atoms with Gasteiger partial charge >= 0.3 is 0 Å². The second kappa shape index (κ2) is 10.8. The molecule has 0 unspecified atom stereocenters. The van der Waals surface area contributed by atoms with Gasteiger partial charge in [0.25, 0.3) is 0 Å².